The van der Waals surface area contributed by atoms with E-state index in [-0.39, 0.29) is 12.1 Å². The van der Waals surface area contributed by atoms with Crippen LogP contribution >= 0.6 is 0 Å². The van der Waals surface area contributed by atoms with Crippen LogP contribution < -0.4 is 5.73 Å². The van der Waals surface area contributed by atoms with Crippen LogP contribution in [0.1, 0.15) is 23.8 Å². The number of pyridine rings is 1. The van der Waals surface area contributed by atoms with Gasteiger partial charge in [-0.05, 0) is 6.07 Å². The molecule has 3 N–H and O–H groups in total. The standard InChI is InChI=1S/C8H10F2N2O/c9-8(10)7-5(6(13)4-11)2-1-3-12-7/h1-3,6,8,13H,4,11H2. The smallest absolute Gasteiger partial charge is 0.280 e. The van der Waals surface area contributed by atoms with Crippen molar-refractivity contribution in [2.75, 3.05) is 6.54 Å². The third-order valence-electron chi connectivity index (χ3n) is 1.66. The lowest BCUT2D eigenvalue weighted by Crippen LogP contribution is -2.14. The molecular weight excluding hydrogens is 178 g/mol. The summed E-state index contributed by atoms with van der Waals surface area (Å²) in [6.07, 6.45) is -2.50. The molecule has 0 aliphatic carbocycles. The fourth-order valence-electron chi connectivity index (χ4n) is 1.02. The molecule has 0 bridgehead atoms. The predicted molar refractivity (Wildman–Crippen MR) is 43.2 cm³/mol. The van der Waals surface area contributed by atoms with Crippen LogP contribution in [0.3, 0.4) is 0 Å². The summed E-state index contributed by atoms with van der Waals surface area (Å²) in [5, 5.41) is 9.26. The van der Waals surface area contributed by atoms with Crippen molar-refractivity contribution in [3.05, 3.63) is 29.6 Å². The predicted octanol–water partition coefficient (Wildman–Crippen LogP) is 1.01. The highest BCUT2D eigenvalue weighted by Gasteiger charge is 2.18. The first kappa shape index (κ1) is 10.0. The van der Waals surface area contributed by atoms with Crippen LogP contribution in [0.25, 0.3) is 0 Å². The van der Waals surface area contributed by atoms with E-state index in [1.165, 1.54) is 18.3 Å². The summed E-state index contributed by atoms with van der Waals surface area (Å²) in [7, 11) is 0. The van der Waals surface area contributed by atoms with Gasteiger partial charge < -0.3 is 10.8 Å². The zero-order valence-corrected chi connectivity index (χ0v) is 6.82. The van der Waals surface area contributed by atoms with E-state index in [2.05, 4.69) is 4.98 Å². The topological polar surface area (TPSA) is 59.1 Å². The second-order valence-corrected chi connectivity index (χ2v) is 2.53. The average Bonchev–Trinajstić information content (AvgIpc) is 2.16. The van der Waals surface area contributed by atoms with E-state index in [4.69, 9.17) is 5.73 Å². The van der Waals surface area contributed by atoms with Crippen molar-refractivity contribution in [2.45, 2.75) is 12.5 Å². The molecular formula is C8H10F2N2O. The Hall–Kier alpha value is -1.07. The maximum Gasteiger partial charge on any atom is 0.280 e. The van der Waals surface area contributed by atoms with E-state index in [1.54, 1.807) is 0 Å². The highest BCUT2D eigenvalue weighted by Crippen LogP contribution is 2.24. The van der Waals surface area contributed by atoms with E-state index in [1.807, 2.05) is 0 Å². The molecule has 0 spiro atoms. The van der Waals surface area contributed by atoms with Gasteiger partial charge in [0, 0.05) is 18.3 Å². The first-order valence-electron chi connectivity index (χ1n) is 3.78. The van der Waals surface area contributed by atoms with Crippen LogP contribution in [0.15, 0.2) is 18.3 Å². The minimum Gasteiger partial charge on any atom is -0.387 e. The number of alkyl halides is 2. The Labute approximate surface area is 74.2 Å². The summed E-state index contributed by atoms with van der Waals surface area (Å²) in [5.74, 6) is 0. The van der Waals surface area contributed by atoms with Gasteiger partial charge >= 0.3 is 0 Å². The van der Waals surface area contributed by atoms with Gasteiger partial charge in [0.05, 0.1) is 6.10 Å². The Kier molecular flexibility index (Phi) is 3.27. The van der Waals surface area contributed by atoms with E-state index < -0.39 is 18.2 Å². The number of aromatic nitrogens is 1. The molecule has 1 heterocycles. The molecule has 0 radical (unpaired) electrons. The maximum absolute atomic E-state index is 12.3. The third-order valence-corrected chi connectivity index (χ3v) is 1.66. The molecule has 0 fully saturated rings. The molecule has 3 nitrogen and oxygen atoms in total. The van der Waals surface area contributed by atoms with Gasteiger partial charge in [0.25, 0.3) is 6.43 Å². The molecule has 0 saturated heterocycles. The fraction of sp³-hybridized carbons (Fsp3) is 0.375. The molecule has 0 aromatic carbocycles. The van der Waals surface area contributed by atoms with E-state index >= 15 is 0 Å². The van der Waals surface area contributed by atoms with Gasteiger partial charge in [0.15, 0.2) is 0 Å². The monoisotopic (exact) mass is 188 g/mol. The van der Waals surface area contributed by atoms with Crippen molar-refractivity contribution >= 4 is 0 Å². The summed E-state index contributed by atoms with van der Waals surface area (Å²) >= 11 is 0. The van der Waals surface area contributed by atoms with Gasteiger partial charge in [0.1, 0.15) is 5.69 Å². The summed E-state index contributed by atoms with van der Waals surface area (Å²) < 4.78 is 24.6. The minimum absolute atomic E-state index is 0.0919. The Balaban J connectivity index is 3.04. The van der Waals surface area contributed by atoms with E-state index in [9.17, 15) is 13.9 Å². The number of hydrogen-bond donors (Lipinski definition) is 2. The second kappa shape index (κ2) is 4.25. The van der Waals surface area contributed by atoms with Crippen molar-refractivity contribution in [3.63, 3.8) is 0 Å². The minimum atomic E-state index is -2.68. The third kappa shape index (κ3) is 2.19. The molecule has 0 aliphatic heterocycles. The van der Waals surface area contributed by atoms with Gasteiger partial charge in [-0.2, -0.15) is 0 Å². The molecule has 13 heavy (non-hydrogen) atoms. The molecule has 1 unspecified atom stereocenters. The summed E-state index contributed by atoms with van der Waals surface area (Å²) in [4.78, 5) is 3.48. The summed E-state index contributed by atoms with van der Waals surface area (Å²) in [5.41, 5.74) is 4.85. The fourth-order valence-corrected chi connectivity index (χ4v) is 1.02. The molecule has 0 amide bonds. The molecule has 1 aromatic rings. The Morgan fingerprint density at radius 1 is 1.54 bits per heavy atom. The number of hydrogen-bond acceptors (Lipinski definition) is 3. The zero-order valence-electron chi connectivity index (χ0n) is 6.82. The lowest BCUT2D eigenvalue weighted by molar-refractivity contribution is 0.133. The molecule has 1 rings (SSSR count). The normalized spacial score (nSPS) is 13.3. The largest absolute Gasteiger partial charge is 0.387 e. The number of aliphatic hydroxyl groups excluding tert-OH is 1. The quantitative estimate of drug-likeness (QED) is 0.744. The highest BCUT2D eigenvalue weighted by molar-refractivity contribution is 5.23. The Morgan fingerprint density at radius 2 is 2.23 bits per heavy atom. The molecule has 0 saturated carbocycles. The van der Waals surface area contributed by atoms with Crippen LogP contribution in [-0.4, -0.2) is 16.6 Å². The van der Waals surface area contributed by atoms with Crippen LogP contribution in [-0.2, 0) is 0 Å². The van der Waals surface area contributed by atoms with Crippen LogP contribution in [0.5, 0.6) is 0 Å². The van der Waals surface area contributed by atoms with Crippen molar-refractivity contribution < 1.29 is 13.9 Å². The average molecular weight is 188 g/mol. The van der Waals surface area contributed by atoms with Crippen molar-refractivity contribution in [1.29, 1.82) is 0 Å². The summed E-state index contributed by atoms with van der Waals surface area (Å²) in [6.45, 7) is -0.0919. The number of halogens is 2. The van der Waals surface area contributed by atoms with Crippen molar-refractivity contribution in [1.82, 2.24) is 4.98 Å². The number of nitrogens with two attached hydrogens (primary N) is 1. The molecule has 1 atom stereocenters. The first-order chi connectivity index (χ1) is 6.16. The van der Waals surface area contributed by atoms with E-state index in [0.717, 1.165) is 0 Å². The van der Waals surface area contributed by atoms with Crippen molar-refractivity contribution in [3.8, 4) is 0 Å². The van der Waals surface area contributed by atoms with E-state index in [0.29, 0.717) is 0 Å². The number of rotatable bonds is 3. The first-order valence-corrected chi connectivity index (χ1v) is 3.78. The van der Waals surface area contributed by atoms with Crippen molar-refractivity contribution in [2.24, 2.45) is 5.73 Å². The number of nitrogens with zero attached hydrogens (tertiary/aromatic N) is 1. The highest BCUT2D eigenvalue weighted by atomic mass is 19.3. The van der Waals surface area contributed by atoms with Crippen LogP contribution in [0.2, 0.25) is 0 Å². The second-order valence-electron chi connectivity index (χ2n) is 2.53. The van der Waals surface area contributed by atoms with Gasteiger partial charge in [-0.15, -0.1) is 0 Å². The van der Waals surface area contributed by atoms with Gasteiger partial charge in [0.2, 0.25) is 0 Å². The molecule has 5 heteroatoms. The molecule has 0 aliphatic rings. The number of aliphatic hydroxyl groups is 1. The lowest BCUT2D eigenvalue weighted by Gasteiger charge is -2.11. The molecule has 72 valence electrons. The summed E-state index contributed by atoms with van der Waals surface area (Å²) in [6, 6.07) is 2.88. The Bertz CT molecular complexity index is 281. The van der Waals surface area contributed by atoms with Gasteiger partial charge in [-0.1, -0.05) is 6.07 Å². The van der Waals surface area contributed by atoms with Crippen LogP contribution in [0.4, 0.5) is 8.78 Å². The van der Waals surface area contributed by atoms with Gasteiger partial charge in [-0.25, -0.2) is 8.78 Å². The van der Waals surface area contributed by atoms with Gasteiger partial charge in [-0.3, -0.25) is 4.98 Å². The molecule has 1 aromatic heterocycles. The lowest BCUT2D eigenvalue weighted by atomic mass is 10.1. The zero-order chi connectivity index (χ0) is 9.84. The maximum atomic E-state index is 12.3. The van der Waals surface area contributed by atoms with Crippen LogP contribution in [0, 0.1) is 0 Å². The SMILES string of the molecule is NCC(O)c1cccnc1C(F)F. The Morgan fingerprint density at radius 3 is 2.77 bits per heavy atom.